The Morgan fingerprint density at radius 3 is 1.31 bits per heavy atom. The molecule has 2 saturated heterocycles. The molecule has 0 aromatic carbocycles. The van der Waals surface area contributed by atoms with Gasteiger partial charge >= 0.3 is 12.2 Å². The molecule has 0 N–H and O–H groups in total. The van der Waals surface area contributed by atoms with Crippen LogP contribution in [0.3, 0.4) is 0 Å². The molecule has 0 bridgehead atoms. The van der Waals surface area contributed by atoms with Gasteiger partial charge in [0, 0.05) is 133 Å². The van der Waals surface area contributed by atoms with Gasteiger partial charge < -0.3 is 48.0 Å². The van der Waals surface area contributed by atoms with E-state index in [1.165, 1.54) is 0 Å². The molecule has 2 aliphatic heterocycles. The number of fused-ring (bicyclic) bond motifs is 2. The average molecular weight is 1360 g/mol. The zero-order valence-corrected chi connectivity index (χ0v) is 61.4. The maximum Gasteiger partial charge on any atom is 0.410 e. The predicted molar refractivity (Wildman–Crippen MR) is 361 cm³/mol. The van der Waals surface area contributed by atoms with Crippen LogP contribution in [-0.2, 0) is 35.5 Å². The van der Waals surface area contributed by atoms with E-state index >= 15 is 0 Å². The molecule has 7 rings (SSSR count). The monoisotopic (exact) mass is 1360 g/mol. The van der Waals surface area contributed by atoms with Gasteiger partial charge in [-0.25, -0.2) is 19.6 Å². The van der Waals surface area contributed by atoms with Crippen LogP contribution in [0, 0.1) is 3.57 Å². The lowest BCUT2D eigenvalue weighted by Gasteiger charge is -2.34. The van der Waals surface area contributed by atoms with E-state index < -0.39 is 43.5 Å². The van der Waals surface area contributed by atoms with Crippen LogP contribution in [0.1, 0.15) is 90.4 Å². The Morgan fingerprint density at radius 2 is 0.941 bits per heavy atom. The summed E-state index contributed by atoms with van der Waals surface area (Å²) in [4.78, 5) is 44.0. The standard InChI is InChI=1S/C32H55N7O4Si2.C28H50IN5O4Si2/c1-32(2,3)43-31(40)37-13-11-12-25(22-37)28-18-29(39-30(35-28)27(20-34-39)26-19-33-36(4)21-26)38(23-41-14-16-44(5,6)7)24-42-15-17-45(8,9)10;1-28(2,3)38-27(35)32-12-10-11-22(19-32)24-17-25(34-26(31-24)23(29)18-30-34)33(20-36-13-15-39(4,5)6)21-37-14-16-40(7,8)9/h18-21,25H,11-17,22-24H2,1-10H3;17-18,22H,10-16,19-21H2,1-9H3. The zero-order valence-electron chi connectivity index (χ0n) is 55.3. The first-order valence-electron chi connectivity index (χ1n) is 30.7. The average Bonchev–Trinajstić information content (AvgIpc) is 1.90. The number of nitrogens with zero attached hydrogens (tertiary/aromatic N) is 12. The summed E-state index contributed by atoms with van der Waals surface area (Å²) in [6.45, 7) is 46.8. The first-order chi connectivity index (χ1) is 39.5. The Hall–Kier alpha value is -3.97. The third kappa shape index (κ3) is 23.2. The number of hydrogen-bond acceptors (Lipinski definition) is 15. The molecule has 476 valence electrons. The van der Waals surface area contributed by atoms with E-state index in [-0.39, 0.29) is 24.0 Å². The minimum atomic E-state index is -1.25. The highest BCUT2D eigenvalue weighted by atomic mass is 127. The summed E-state index contributed by atoms with van der Waals surface area (Å²) < 4.78 is 43.0. The maximum atomic E-state index is 13.0. The van der Waals surface area contributed by atoms with E-state index in [1.54, 1.807) is 4.68 Å². The van der Waals surface area contributed by atoms with Gasteiger partial charge in [-0.05, 0) is 114 Å². The molecule has 20 nitrogen and oxygen atoms in total. The van der Waals surface area contributed by atoms with Crippen molar-refractivity contribution in [3.63, 3.8) is 0 Å². The molecule has 85 heavy (non-hydrogen) atoms. The number of aryl methyl sites for hydroxylation is 1. The van der Waals surface area contributed by atoms with E-state index in [0.717, 1.165) is 112 Å². The summed E-state index contributed by atoms with van der Waals surface area (Å²) in [5.41, 5.74) is 4.24. The van der Waals surface area contributed by atoms with Gasteiger partial charge in [-0.3, -0.25) is 4.68 Å². The summed E-state index contributed by atoms with van der Waals surface area (Å²) in [5, 5.41) is 13.9. The Labute approximate surface area is 525 Å². The lowest BCUT2D eigenvalue weighted by atomic mass is 9.94. The van der Waals surface area contributed by atoms with Gasteiger partial charge in [0.2, 0.25) is 0 Å². The van der Waals surface area contributed by atoms with E-state index in [4.69, 9.17) is 43.5 Å². The Morgan fingerprint density at radius 1 is 0.565 bits per heavy atom. The smallest absolute Gasteiger partial charge is 0.410 e. The van der Waals surface area contributed by atoms with E-state index in [9.17, 15) is 9.59 Å². The summed E-state index contributed by atoms with van der Waals surface area (Å²) in [5.74, 6) is 1.92. The summed E-state index contributed by atoms with van der Waals surface area (Å²) in [6, 6.07) is 8.61. The predicted octanol–water partition coefficient (Wildman–Crippen LogP) is 13.6. The topological polar surface area (TPSA) is 181 Å². The van der Waals surface area contributed by atoms with Crippen molar-refractivity contribution in [3.8, 4) is 11.1 Å². The summed E-state index contributed by atoms with van der Waals surface area (Å²) in [7, 11) is -3.00. The maximum absolute atomic E-state index is 13.0. The number of aromatic nitrogens is 8. The SMILES string of the molecule is CC(C)(C)OC(=O)N1CCCC(c2cc(N(COCC[Si](C)(C)C)COCC[Si](C)(C)C)n3ncc(I)c3n2)C1.Cn1cc(-c2cnn3c(N(COCC[Si](C)(C)C)COCC[Si](C)(C)C)cc(C4CCCN(C(=O)OC(C)(C)C)C4)nc23)cn1. The number of amides is 2. The van der Waals surface area contributed by atoms with Crippen molar-refractivity contribution >= 4 is 90.0 Å². The largest absolute Gasteiger partial charge is 0.444 e. The molecule has 5 aromatic rings. The van der Waals surface area contributed by atoms with Gasteiger partial charge in [0.15, 0.2) is 11.3 Å². The Kier molecular flexibility index (Phi) is 24.8. The van der Waals surface area contributed by atoms with Gasteiger partial charge in [-0.15, -0.1) is 0 Å². The fourth-order valence-electron chi connectivity index (χ4n) is 9.51. The number of carbonyl (C=O) groups is 2. The fourth-order valence-corrected chi connectivity index (χ4v) is 13.0. The lowest BCUT2D eigenvalue weighted by Crippen LogP contribution is -2.42. The number of halogens is 1. The first-order valence-corrected chi connectivity index (χ1v) is 46.6. The molecule has 2 amide bonds. The fraction of sp³-hybridized carbons (Fsp3) is 0.717. The quantitative estimate of drug-likeness (QED) is 0.0233. The first kappa shape index (κ1) is 70.1. The minimum absolute atomic E-state index is 0.0501. The van der Waals surface area contributed by atoms with Gasteiger partial charge in [0.25, 0.3) is 0 Å². The number of ether oxygens (including phenoxy) is 6. The molecular formula is C60H105IN12O8Si4. The van der Waals surface area contributed by atoms with Crippen molar-refractivity contribution < 1.29 is 38.0 Å². The van der Waals surface area contributed by atoms with Crippen LogP contribution in [0.4, 0.5) is 21.2 Å². The second-order valence-electron chi connectivity index (χ2n) is 30.0. The summed E-state index contributed by atoms with van der Waals surface area (Å²) in [6.07, 6.45) is 10.7. The number of anilines is 2. The molecular weight excluding hydrogens is 1260 g/mol. The van der Waals surface area contributed by atoms with Crippen LogP contribution in [0.15, 0.2) is 36.9 Å². The number of rotatable bonds is 25. The van der Waals surface area contributed by atoms with E-state index in [2.05, 4.69) is 133 Å². The minimum Gasteiger partial charge on any atom is -0.444 e. The van der Waals surface area contributed by atoms with Crippen LogP contribution in [0.2, 0.25) is 103 Å². The molecule has 0 radical (unpaired) electrons. The van der Waals surface area contributed by atoms with Crippen molar-refractivity contribution in [3.05, 3.63) is 51.9 Å². The molecule has 0 aliphatic carbocycles. The van der Waals surface area contributed by atoms with Crippen molar-refractivity contribution in [1.29, 1.82) is 0 Å². The molecule has 2 aliphatic rings. The van der Waals surface area contributed by atoms with Crippen LogP contribution in [0.25, 0.3) is 22.4 Å². The van der Waals surface area contributed by atoms with Crippen LogP contribution < -0.4 is 9.80 Å². The normalized spacial score (nSPS) is 16.7. The Balaban J connectivity index is 0.000000274. The zero-order chi connectivity index (χ0) is 62.7. The van der Waals surface area contributed by atoms with Gasteiger partial charge in [-0.2, -0.15) is 24.3 Å². The van der Waals surface area contributed by atoms with Gasteiger partial charge in [0.1, 0.15) is 49.8 Å². The second-order valence-corrected chi connectivity index (χ2v) is 53.7. The molecule has 0 spiro atoms. The van der Waals surface area contributed by atoms with Crippen molar-refractivity contribution in [2.24, 2.45) is 7.05 Å². The molecule has 5 aromatic heterocycles. The highest BCUT2D eigenvalue weighted by Crippen LogP contribution is 2.35. The molecule has 2 fully saturated rings. The third-order valence-electron chi connectivity index (χ3n) is 14.5. The molecule has 7 heterocycles. The number of likely N-dealkylation sites (tertiary alicyclic amines) is 2. The van der Waals surface area contributed by atoms with Gasteiger partial charge in [0.05, 0.1) is 33.5 Å². The van der Waals surface area contributed by atoms with Crippen molar-refractivity contribution in [2.75, 3.05) is 89.3 Å². The highest BCUT2D eigenvalue weighted by Gasteiger charge is 2.33. The van der Waals surface area contributed by atoms with Crippen molar-refractivity contribution in [1.82, 2.24) is 48.8 Å². The van der Waals surface area contributed by atoms with E-state index in [1.807, 2.05) is 92.2 Å². The highest BCUT2D eigenvalue weighted by molar-refractivity contribution is 14.1. The van der Waals surface area contributed by atoms with Crippen LogP contribution in [0.5, 0.6) is 0 Å². The number of piperidine rings is 2. The molecule has 0 saturated carbocycles. The molecule has 25 heteroatoms. The number of hydrogen-bond donors (Lipinski definition) is 0. The Bertz CT molecular complexity index is 2890. The van der Waals surface area contributed by atoms with Crippen LogP contribution in [-0.4, -0.2) is 184 Å². The molecule has 2 atom stereocenters. The third-order valence-corrected chi connectivity index (χ3v) is 22.1. The second kappa shape index (κ2) is 30.0. The van der Waals surface area contributed by atoms with Gasteiger partial charge in [-0.1, -0.05) is 78.6 Å². The van der Waals surface area contributed by atoms with Crippen LogP contribution >= 0.6 is 22.6 Å². The lowest BCUT2D eigenvalue weighted by molar-refractivity contribution is 0.0187. The molecule has 2 unspecified atom stereocenters. The summed E-state index contributed by atoms with van der Waals surface area (Å²) >= 11 is 2.29. The van der Waals surface area contributed by atoms with E-state index in [0.29, 0.717) is 66.3 Å². The van der Waals surface area contributed by atoms with Crippen molar-refractivity contribution in [2.45, 2.75) is 193 Å². The number of carbonyl (C=O) groups excluding carboxylic acids is 2.